The molecule has 5 nitrogen and oxygen atoms in total. The lowest BCUT2D eigenvalue weighted by atomic mass is 10.3. The zero-order valence-electron chi connectivity index (χ0n) is 10.6. The number of imidazole rings is 1. The quantitative estimate of drug-likeness (QED) is 0.826. The Morgan fingerprint density at radius 2 is 2.20 bits per heavy atom. The van der Waals surface area contributed by atoms with E-state index in [1.54, 1.807) is 12.5 Å². The Bertz CT molecular complexity index is 572. The highest BCUT2D eigenvalue weighted by Gasteiger charge is 2.07. The molecule has 0 fully saturated rings. The van der Waals surface area contributed by atoms with Gasteiger partial charge in [-0.05, 0) is 18.6 Å². The molecular formula is C13H14F2N4O. The maximum atomic E-state index is 13.3. The summed E-state index contributed by atoms with van der Waals surface area (Å²) in [6.07, 6.45) is 5.91. The van der Waals surface area contributed by atoms with Crippen LogP contribution in [0.25, 0.3) is 0 Å². The second-order valence-corrected chi connectivity index (χ2v) is 4.16. The number of aromatic nitrogens is 2. The van der Waals surface area contributed by atoms with Gasteiger partial charge in [0, 0.05) is 31.5 Å². The van der Waals surface area contributed by atoms with Gasteiger partial charge in [-0.25, -0.2) is 18.6 Å². The van der Waals surface area contributed by atoms with Gasteiger partial charge in [0.05, 0.1) is 12.0 Å². The second kappa shape index (κ2) is 6.65. The van der Waals surface area contributed by atoms with Crippen LogP contribution >= 0.6 is 0 Å². The smallest absolute Gasteiger partial charge is 0.319 e. The van der Waals surface area contributed by atoms with E-state index in [9.17, 15) is 13.6 Å². The number of hydrogen-bond donors (Lipinski definition) is 2. The summed E-state index contributed by atoms with van der Waals surface area (Å²) >= 11 is 0. The lowest BCUT2D eigenvalue weighted by Crippen LogP contribution is -2.30. The summed E-state index contributed by atoms with van der Waals surface area (Å²) in [7, 11) is 0. The highest BCUT2D eigenvalue weighted by atomic mass is 19.1. The van der Waals surface area contributed by atoms with Gasteiger partial charge in [-0.2, -0.15) is 0 Å². The van der Waals surface area contributed by atoms with Crippen LogP contribution in [0.3, 0.4) is 0 Å². The Labute approximate surface area is 114 Å². The molecule has 1 aromatic carbocycles. The van der Waals surface area contributed by atoms with Crippen LogP contribution in [0.5, 0.6) is 0 Å². The summed E-state index contributed by atoms with van der Waals surface area (Å²) in [6.45, 7) is 1.16. The maximum absolute atomic E-state index is 13.3. The molecule has 0 bridgehead atoms. The Balaban J connectivity index is 1.72. The minimum Gasteiger partial charge on any atom is -0.338 e. The molecule has 0 atom stereocenters. The molecule has 7 heteroatoms. The monoisotopic (exact) mass is 280 g/mol. The molecule has 0 aliphatic heterocycles. The summed E-state index contributed by atoms with van der Waals surface area (Å²) in [5, 5.41) is 4.91. The van der Waals surface area contributed by atoms with E-state index in [2.05, 4.69) is 15.6 Å². The average molecular weight is 280 g/mol. The number of anilines is 1. The zero-order valence-corrected chi connectivity index (χ0v) is 10.6. The summed E-state index contributed by atoms with van der Waals surface area (Å²) < 4.78 is 27.9. The van der Waals surface area contributed by atoms with Crippen molar-refractivity contribution in [2.45, 2.75) is 13.0 Å². The lowest BCUT2D eigenvalue weighted by molar-refractivity contribution is 0.251. The van der Waals surface area contributed by atoms with Crippen LogP contribution in [0.2, 0.25) is 0 Å². The Hall–Kier alpha value is -2.44. The fraction of sp³-hybridized carbons (Fsp3) is 0.231. The Morgan fingerprint density at radius 3 is 2.90 bits per heavy atom. The SMILES string of the molecule is O=C(NCCCn1ccnc1)Nc1ccc(F)cc1F. The van der Waals surface area contributed by atoms with E-state index in [4.69, 9.17) is 0 Å². The van der Waals surface area contributed by atoms with Gasteiger partial charge in [0.25, 0.3) is 0 Å². The summed E-state index contributed by atoms with van der Waals surface area (Å²) in [5.74, 6) is -1.49. The van der Waals surface area contributed by atoms with Crippen LogP contribution in [0.15, 0.2) is 36.9 Å². The fourth-order valence-electron chi connectivity index (χ4n) is 1.64. The number of halogens is 2. The van der Waals surface area contributed by atoms with Crippen molar-refractivity contribution in [2.24, 2.45) is 0 Å². The van der Waals surface area contributed by atoms with Gasteiger partial charge in [-0.3, -0.25) is 0 Å². The minimum atomic E-state index is -0.807. The molecule has 0 spiro atoms. The Morgan fingerprint density at radius 1 is 1.35 bits per heavy atom. The van der Waals surface area contributed by atoms with Crippen LogP contribution in [-0.2, 0) is 6.54 Å². The lowest BCUT2D eigenvalue weighted by Gasteiger charge is -2.08. The standard InChI is InChI=1S/C13H14F2N4O/c14-10-2-3-12(11(15)8-10)18-13(20)17-4-1-6-19-7-5-16-9-19/h2-3,5,7-9H,1,4,6H2,(H2,17,18,20). The molecule has 2 amide bonds. The van der Waals surface area contributed by atoms with E-state index in [0.717, 1.165) is 19.0 Å². The summed E-state index contributed by atoms with van der Waals surface area (Å²) in [5.41, 5.74) is -0.0569. The molecule has 106 valence electrons. The first-order chi connectivity index (χ1) is 9.65. The van der Waals surface area contributed by atoms with Crippen molar-refractivity contribution < 1.29 is 13.6 Å². The van der Waals surface area contributed by atoms with Crippen molar-refractivity contribution in [3.8, 4) is 0 Å². The van der Waals surface area contributed by atoms with E-state index < -0.39 is 17.7 Å². The largest absolute Gasteiger partial charge is 0.338 e. The topological polar surface area (TPSA) is 59.0 Å². The van der Waals surface area contributed by atoms with E-state index in [0.29, 0.717) is 12.6 Å². The van der Waals surface area contributed by atoms with E-state index >= 15 is 0 Å². The molecule has 2 N–H and O–H groups in total. The molecule has 20 heavy (non-hydrogen) atoms. The second-order valence-electron chi connectivity index (χ2n) is 4.16. The number of nitrogens with zero attached hydrogens (tertiary/aromatic N) is 2. The first-order valence-corrected chi connectivity index (χ1v) is 6.11. The van der Waals surface area contributed by atoms with Crippen LogP contribution < -0.4 is 10.6 Å². The van der Waals surface area contributed by atoms with Crippen LogP contribution in [-0.4, -0.2) is 22.1 Å². The molecule has 0 saturated carbocycles. The first-order valence-electron chi connectivity index (χ1n) is 6.11. The highest BCUT2D eigenvalue weighted by molar-refractivity contribution is 5.89. The predicted molar refractivity (Wildman–Crippen MR) is 70.2 cm³/mol. The van der Waals surface area contributed by atoms with Gasteiger partial charge < -0.3 is 15.2 Å². The van der Waals surface area contributed by atoms with Crippen LogP contribution in [0.4, 0.5) is 19.3 Å². The van der Waals surface area contributed by atoms with Crippen LogP contribution in [0, 0.1) is 11.6 Å². The molecule has 0 aliphatic rings. The predicted octanol–water partition coefficient (Wildman–Crippen LogP) is 2.37. The molecule has 0 aliphatic carbocycles. The zero-order chi connectivity index (χ0) is 14.4. The number of aryl methyl sites for hydroxylation is 1. The molecule has 1 aromatic heterocycles. The van der Waals surface area contributed by atoms with Gasteiger partial charge in [0.1, 0.15) is 11.6 Å². The van der Waals surface area contributed by atoms with Gasteiger partial charge in [-0.1, -0.05) is 0 Å². The van der Waals surface area contributed by atoms with E-state index in [1.807, 2.05) is 10.8 Å². The summed E-state index contributed by atoms with van der Waals surface area (Å²) in [4.78, 5) is 15.4. The van der Waals surface area contributed by atoms with Crippen molar-refractivity contribution in [3.63, 3.8) is 0 Å². The third-order valence-corrected chi connectivity index (χ3v) is 2.62. The van der Waals surface area contributed by atoms with E-state index in [-0.39, 0.29) is 5.69 Å². The van der Waals surface area contributed by atoms with Gasteiger partial charge in [0.2, 0.25) is 0 Å². The number of carbonyl (C=O) groups is 1. The van der Waals surface area contributed by atoms with Crippen molar-refractivity contribution in [1.29, 1.82) is 0 Å². The number of hydrogen-bond acceptors (Lipinski definition) is 2. The van der Waals surface area contributed by atoms with E-state index in [1.165, 1.54) is 6.07 Å². The molecular weight excluding hydrogens is 266 g/mol. The molecule has 2 aromatic rings. The Kier molecular flexibility index (Phi) is 4.65. The number of amides is 2. The van der Waals surface area contributed by atoms with Crippen molar-refractivity contribution in [2.75, 3.05) is 11.9 Å². The van der Waals surface area contributed by atoms with Crippen LogP contribution in [0.1, 0.15) is 6.42 Å². The average Bonchev–Trinajstić information content (AvgIpc) is 2.91. The molecule has 0 saturated heterocycles. The molecule has 0 unspecified atom stereocenters. The summed E-state index contributed by atoms with van der Waals surface area (Å²) in [6, 6.07) is 2.45. The molecule has 2 rings (SSSR count). The first kappa shape index (κ1) is 14.0. The fourth-order valence-corrected chi connectivity index (χ4v) is 1.64. The molecule has 1 heterocycles. The maximum Gasteiger partial charge on any atom is 0.319 e. The minimum absolute atomic E-state index is 0.0569. The number of benzene rings is 1. The molecule has 0 radical (unpaired) electrons. The third-order valence-electron chi connectivity index (χ3n) is 2.62. The normalized spacial score (nSPS) is 10.3. The van der Waals surface area contributed by atoms with Gasteiger partial charge in [-0.15, -0.1) is 0 Å². The van der Waals surface area contributed by atoms with Crippen molar-refractivity contribution >= 4 is 11.7 Å². The third kappa shape index (κ3) is 4.04. The number of nitrogens with one attached hydrogen (secondary N) is 2. The van der Waals surface area contributed by atoms with Gasteiger partial charge >= 0.3 is 6.03 Å². The highest BCUT2D eigenvalue weighted by Crippen LogP contribution is 2.14. The van der Waals surface area contributed by atoms with Crippen molar-refractivity contribution in [1.82, 2.24) is 14.9 Å². The number of urea groups is 1. The number of rotatable bonds is 5. The number of carbonyl (C=O) groups excluding carboxylic acids is 1. The van der Waals surface area contributed by atoms with Crippen molar-refractivity contribution in [3.05, 3.63) is 48.6 Å². The van der Waals surface area contributed by atoms with Gasteiger partial charge in [0.15, 0.2) is 0 Å².